The molecule has 0 aliphatic carbocycles. The number of aromatic hydroxyl groups is 1. The minimum atomic E-state index is 0.148. The van der Waals surface area contributed by atoms with Gasteiger partial charge in [-0.2, -0.15) is 0 Å². The molecule has 5 nitrogen and oxygen atoms in total. The van der Waals surface area contributed by atoms with Gasteiger partial charge in [0.25, 0.3) is 0 Å². The van der Waals surface area contributed by atoms with E-state index >= 15 is 0 Å². The fraction of sp³-hybridized carbons (Fsp3) is 0.538. The molecule has 1 fully saturated rings. The molecule has 18 heavy (non-hydrogen) atoms. The molecule has 0 bridgehead atoms. The molecular formula is C13H20N2O3. The van der Waals surface area contributed by atoms with E-state index in [1.54, 1.807) is 26.4 Å². The second-order valence-electron chi connectivity index (χ2n) is 4.40. The van der Waals surface area contributed by atoms with Gasteiger partial charge in [-0.25, -0.2) is 0 Å². The maximum Gasteiger partial charge on any atom is 0.130 e. The number of hydrogen-bond donors (Lipinski definition) is 3. The van der Waals surface area contributed by atoms with Crippen molar-refractivity contribution >= 4 is 0 Å². The van der Waals surface area contributed by atoms with Gasteiger partial charge in [-0.15, -0.1) is 0 Å². The van der Waals surface area contributed by atoms with Crippen LogP contribution in [0.1, 0.15) is 12.0 Å². The number of hydrogen-bond acceptors (Lipinski definition) is 5. The fourth-order valence-electron chi connectivity index (χ4n) is 2.22. The SMILES string of the molecule is COc1cc(O)cc(OC)c1CNC1CCNC1. The Labute approximate surface area is 107 Å². The van der Waals surface area contributed by atoms with Crippen LogP contribution >= 0.6 is 0 Å². The number of phenols is 1. The first-order chi connectivity index (χ1) is 8.74. The third kappa shape index (κ3) is 2.86. The average molecular weight is 252 g/mol. The summed E-state index contributed by atoms with van der Waals surface area (Å²) < 4.78 is 10.6. The van der Waals surface area contributed by atoms with E-state index in [9.17, 15) is 5.11 Å². The molecule has 2 rings (SSSR count). The Kier molecular flexibility index (Phi) is 4.28. The number of phenolic OH excluding ortho intramolecular Hbond substituents is 1. The van der Waals surface area contributed by atoms with Gasteiger partial charge in [0.15, 0.2) is 0 Å². The van der Waals surface area contributed by atoms with Crippen LogP contribution in [0.15, 0.2) is 12.1 Å². The monoisotopic (exact) mass is 252 g/mol. The van der Waals surface area contributed by atoms with Crippen molar-refractivity contribution in [1.29, 1.82) is 0 Å². The first-order valence-electron chi connectivity index (χ1n) is 6.12. The maximum atomic E-state index is 9.57. The molecule has 1 saturated heterocycles. The molecule has 1 aromatic rings. The average Bonchev–Trinajstić information content (AvgIpc) is 2.89. The summed E-state index contributed by atoms with van der Waals surface area (Å²) in [5.74, 6) is 1.44. The smallest absolute Gasteiger partial charge is 0.130 e. The lowest BCUT2D eigenvalue weighted by molar-refractivity contribution is 0.371. The summed E-state index contributed by atoms with van der Waals surface area (Å²) >= 11 is 0. The minimum Gasteiger partial charge on any atom is -0.508 e. The number of benzene rings is 1. The summed E-state index contributed by atoms with van der Waals surface area (Å²) in [7, 11) is 3.18. The Hall–Kier alpha value is -1.46. The Morgan fingerprint density at radius 3 is 2.50 bits per heavy atom. The quantitative estimate of drug-likeness (QED) is 0.725. The van der Waals surface area contributed by atoms with E-state index in [-0.39, 0.29) is 5.75 Å². The lowest BCUT2D eigenvalue weighted by atomic mass is 10.1. The Morgan fingerprint density at radius 1 is 1.33 bits per heavy atom. The highest BCUT2D eigenvalue weighted by Gasteiger charge is 2.17. The molecule has 0 spiro atoms. The number of nitrogens with one attached hydrogen (secondary N) is 2. The summed E-state index contributed by atoms with van der Waals surface area (Å²) in [4.78, 5) is 0. The van der Waals surface area contributed by atoms with Crippen LogP contribution in [0.25, 0.3) is 0 Å². The third-order valence-corrected chi connectivity index (χ3v) is 3.22. The lowest BCUT2D eigenvalue weighted by Gasteiger charge is -2.16. The summed E-state index contributed by atoms with van der Waals surface area (Å²) in [6, 6.07) is 3.69. The van der Waals surface area contributed by atoms with Gasteiger partial charge in [0.05, 0.1) is 19.8 Å². The zero-order valence-corrected chi connectivity index (χ0v) is 10.8. The molecule has 100 valence electrons. The summed E-state index contributed by atoms with van der Waals surface area (Å²) in [6.45, 7) is 2.71. The van der Waals surface area contributed by atoms with Gasteiger partial charge in [-0.1, -0.05) is 0 Å². The van der Waals surface area contributed by atoms with Gasteiger partial charge < -0.3 is 25.2 Å². The molecule has 1 aliphatic heterocycles. The van der Waals surface area contributed by atoms with Gasteiger partial charge in [-0.3, -0.25) is 0 Å². The largest absolute Gasteiger partial charge is 0.508 e. The molecule has 1 atom stereocenters. The topological polar surface area (TPSA) is 62.8 Å². The Morgan fingerprint density at radius 2 is 2.00 bits per heavy atom. The van der Waals surface area contributed by atoms with Crippen LogP contribution in [0.5, 0.6) is 17.2 Å². The second-order valence-corrected chi connectivity index (χ2v) is 4.40. The van der Waals surface area contributed by atoms with Crippen LogP contribution in [0, 0.1) is 0 Å². The van der Waals surface area contributed by atoms with E-state index < -0.39 is 0 Å². The molecule has 1 aliphatic rings. The minimum absolute atomic E-state index is 0.148. The van der Waals surface area contributed by atoms with E-state index in [2.05, 4.69) is 10.6 Å². The van der Waals surface area contributed by atoms with Crippen LogP contribution in [0.3, 0.4) is 0 Å². The van der Waals surface area contributed by atoms with Gasteiger partial charge in [0.1, 0.15) is 17.2 Å². The predicted octanol–water partition coefficient (Wildman–Crippen LogP) is 0.861. The second kappa shape index (κ2) is 5.93. The molecule has 0 amide bonds. The van der Waals surface area contributed by atoms with Gasteiger partial charge in [0.2, 0.25) is 0 Å². The van der Waals surface area contributed by atoms with Crippen molar-refractivity contribution in [2.75, 3.05) is 27.3 Å². The van der Waals surface area contributed by atoms with Gasteiger partial charge in [0, 0.05) is 31.3 Å². The van der Waals surface area contributed by atoms with Crippen LogP contribution in [0.4, 0.5) is 0 Å². The van der Waals surface area contributed by atoms with Crippen LogP contribution in [-0.2, 0) is 6.54 Å². The van der Waals surface area contributed by atoms with Crippen LogP contribution in [0.2, 0.25) is 0 Å². The van der Waals surface area contributed by atoms with Crippen molar-refractivity contribution in [3.63, 3.8) is 0 Å². The highest BCUT2D eigenvalue weighted by Crippen LogP contribution is 2.33. The first kappa shape index (κ1) is 13.0. The Bertz CT molecular complexity index is 378. The van der Waals surface area contributed by atoms with Crippen molar-refractivity contribution in [3.05, 3.63) is 17.7 Å². The van der Waals surface area contributed by atoms with Crippen molar-refractivity contribution in [1.82, 2.24) is 10.6 Å². The fourth-order valence-corrected chi connectivity index (χ4v) is 2.22. The number of ether oxygens (including phenoxy) is 2. The van der Waals surface area contributed by atoms with E-state index in [1.807, 2.05) is 0 Å². The molecule has 5 heteroatoms. The summed E-state index contributed by atoms with van der Waals surface area (Å²) in [5, 5.41) is 16.3. The van der Waals surface area contributed by atoms with Crippen molar-refractivity contribution in [2.45, 2.75) is 19.0 Å². The van der Waals surface area contributed by atoms with Crippen molar-refractivity contribution < 1.29 is 14.6 Å². The van der Waals surface area contributed by atoms with E-state index in [0.717, 1.165) is 25.1 Å². The molecule has 1 aromatic carbocycles. The summed E-state index contributed by atoms with van der Waals surface area (Å²) in [6.07, 6.45) is 1.13. The number of rotatable bonds is 5. The van der Waals surface area contributed by atoms with Gasteiger partial charge in [-0.05, 0) is 13.0 Å². The zero-order valence-electron chi connectivity index (χ0n) is 10.8. The predicted molar refractivity (Wildman–Crippen MR) is 69.3 cm³/mol. The Balaban J connectivity index is 2.13. The standard InChI is InChI=1S/C13H20N2O3/c1-17-12-5-10(16)6-13(18-2)11(12)8-15-9-3-4-14-7-9/h5-6,9,14-16H,3-4,7-8H2,1-2H3. The normalized spacial score (nSPS) is 18.9. The highest BCUT2D eigenvalue weighted by molar-refractivity contribution is 5.50. The molecular weight excluding hydrogens is 232 g/mol. The van der Waals surface area contributed by atoms with Crippen molar-refractivity contribution in [2.24, 2.45) is 0 Å². The van der Waals surface area contributed by atoms with E-state index in [1.165, 1.54) is 0 Å². The third-order valence-electron chi connectivity index (χ3n) is 3.22. The van der Waals surface area contributed by atoms with Crippen LogP contribution < -0.4 is 20.1 Å². The molecule has 1 heterocycles. The molecule has 0 radical (unpaired) electrons. The van der Waals surface area contributed by atoms with E-state index in [0.29, 0.717) is 24.1 Å². The molecule has 1 unspecified atom stereocenters. The van der Waals surface area contributed by atoms with Gasteiger partial charge >= 0.3 is 0 Å². The first-order valence-corrected chi connectivity index (χ1v) is 6.12. The molecule has 3 N–H and O–H groups in total. The highest BCUT2D eigenvalue weighted by atomic mass is 16.5. The van der Waals surface area contributed by atoms with Crippen LogP contribution in [-0.4, -0.2) is 38.5 Å². The van der Waals surface area contributed by atoms with Crippen molar-refractivity contribution in [3.8, 4) is 17.2 Å². The maximum absolute atomic E-state index is 9.57. The molecule has 0 saturated carbocycles. The lowest BCUT2D eigenvalue weighted by Crippen LogP contribution is -2.30. The summed E-state index contributed by atoms with van der Waals surface area (Å²) in [5.41, 5.74) is 0.935. The number of methoxy groups -OCH3 is 2. The zero-order chi connectivity index (χ0) is 13.0. The molecule has 0 aromatic heterocycles. The van der Waals surface area contributed by atoms with E-state index in [4.69, 9.17) is 9.47 Å².